The molecule has 1 aliphatic rings. The van der Waals surface area contributed by atoms with Gasteiger partial charge < -0.3 is 9.84 Å². The number of rotatable bonds is 3. The number of ether oxygens (including phenoxy) is 1. The number of carbonyl (C=O) groups is 1. The molecule has 4 heteroatoms. The molecule has 1 heterocycles. The van der Waals surface area contributed by atoms with Crippen LogP contribution in [0.3, 0.4) is 0 Å². The van der Waals surface area contributed by atoms with E-state index in [1.54, 1.807) is 6.07 Å². The van der Waals surface area contributed by atoms with Gasteiger partial charge in [-0.15, -0.1) is 0 Å². The minimum absolute atomic E-state index is 0.0185. The van der Waals surface area contributed by atoms with Gasteiger partial charge >= 0.3 is 5.97 Å². The Hall–Kier alpha value is -1.58. The van der Waals surface area contributed by atoms with E-state index >= 15 is 0 Å². The number of carboxylic acids is 1. The molecule has 2 rings (SSSR count). The number of methoxy groups -OCH3 is 1. The van der Waals surface area contributed by atoms with Gasteiger partial charge in [-0.25, -0.2) is 9.78 Å². The summed E-state index contributed by atoms with van der Waals surface area (Å²) in [5, 5.41) is 8.97. The van der Waals surface area contributed by atoms with Gasteiger partial charge in [0.15, 0.2) is 11.4 Å². The number of pyridine rings is 1. The van der Waals surface area contributed by atoms with Gasteiger partial charge in [0.25, 0.3) is 0 Å². The zero-order valence-electron chi connectivity index (χ0n) is 8.78. The fourth-order valence-corrected chi connectivity index (χ4v) is 1.68. The monoisotopic (exact) mass is 207 g/mol. The number of aryl methyl sites for hydroxylation is 1. The Bertz CT molecular complexity index is 411. The number of hydrogen-bond acceptors (Lipinski definition) is 3. The van der Waals surface area contributed by atoms with E-state index in [0.29, 0.717) is 11.7 Å². The SMILES string of the molecule is COc1cc(C)c(C2CC2)nc1C(=O)O. The summed E-state index contributed by atoms with van der Waals surface area (Å²) >= 11 is 0. The first kappa shape index (κ1) is 9.96. The van der Waals surface area contributed by atoms with Crippen molar-refractivity contribution in [2.75, 3.05) is 7.11 Å². The maximum absolute atomic E-state index is 10.9. The molecule has 0 bridgehead atoms. The summed E-state index contributed by atoms with van der Waals surface area (Å²) in [4.78, 5) is 15.1. The average molecular weight is 207 g/mol. The summed E-state index contributed by atoms with van der Waals surface area (Å²) < 4.78 is 5.00. The normalized spacial score (nSPS) is 15.1. The fourth-order valence-electron chi connectivity index (χ4n) is 1.68. The van der Waals surface area contributed by atoms with Crippen molar-refractivity contribution in [3.05, 3.63) is 23.0 Å². The van der Waals surface area contributed by atoms with E-state index < -0.39 is 5.97 Å². The van der Waals surface area contributed by atoms with E-state index in [-0.39, 0.29) is 5.69 Å². The van der Waals surface area contributed by atoms with Crippen LogP contribution < -0.4 is 4.74 Å². The molecule has 0 atom stereocenters. The topological polar surface area (TPSA) is 59.4 Å². The van der Waals surface area contributed by atoms with Crippen LogP contribution in [0.15, 0.2) is 6.07 Å². The molecular formula is C11H13NO3. The third-order valence-electron chi connectivity index (χ3n) is 2.60. The zero-order chi connectivity index (χ0) is 11.0. The summed E-state index contributed by atoms with van der Waals surface area (Å²) in [6.07, 6.45) is 2.22. The Morgan fingerprint density at radius 3 is 2.73 bits per heavy atom. The maximum Gasteiger partial charge on any atom is 0.358 e. The highest BCUT2D eigenvalue weighted by Gasteiger charge is 2.28. The van der Waals surface area contributed by atoms with Gasteiger partial charge in [-0.05, 0) is 31.4 Å². The Kier molecular flexibility index (Phi) is 2.34. The van der Waals surface area contributed by atoms with Crippen LogP contribution in [-0.4, -0.2) is 23.2 Å². The van der Waals surface area contributed by atoms with Crippen LogP contribution in [0.4, 0.5) is 0 Å². The molecule has 1 saturated carbocycles. The molecule has 15 heavy (non-hydrogen) atoms. The van der Waals surface area contributed by atoms with Gasteiger partial charge in [0.1, 0.15) is 0 Å². The van der Waals surface area contributed by atoms with Gasteiger partial charge in [-0.2, -0.15) is 0 Å². The summed E-state index contributed by atoms with van der Waals surface area (Å²) in [6.45, 7) is 1.94. The first-order chi connectivity index (χ1) is 7.13. The van der Waals surface area contributed by atoms with Gasteiger partial charge in [0.05, 0.1) is 7.11 Å². The Labute approximate surface area is 87.9 Å². The van der Waals surface area contributed by atoms with Crippen molar-refractivity contribution in [2.45, 2.75) is 25.7 Å². The molecule has 80 valence electrons. The van der Waals surface area contributed by atoms with E-state index in [0.717, 1.165) is 24.1 Å². The minimum Gasteiger partial charge on any atom is -0.494 e. The average Bonchev–Trinajstić information content (AvgIpc) is 3.00. The Balaban J connectivity index is 2.51. The van der Waals surface area contributed by atoms with Crippen LogP contribution in [0.1, 0.15) is 40.5 Å². The van der Waals surface area contributed by atoms with Crippen molar-refractivity contribution in [1.82, 2.24) is 4.98 Å². The molecule has 1 N–H and O–H groups in total. The molecule has 0 spiro atoms. The number of aromatic nitrogens is 1. The molecule has 0 unspecified atom stereocenters. The van der Waals surface area contributed by atoms with Crippen LogP contribution in [0, 0.1) is 6.92 Å². The van der Waals surface area contributed by atoms with Crippen LogP contribution >= 0.6 is 0 Å². The van der Waals surface area contributed by atoms with Crippen LogP contribution in [0.2, 0.25) is 0 Å². The molecule has 0 aromatic carbocycles. The van der Waals surface area contributed by atoms with E-state index in [1.807, 2.05) is 6.92 Å². The third kappa shape index (κ3) is 1.79. The van der Waals surface area contributed by atoms with Crippen molar-refractivity contribution >= 4 is 5.97 Å². The Morgan fingerprint density at radius 2 is 2.27 bits per heavy atom. The molecule has 0 saturated heterocycles. The predicted molar refractivity (Wildman–Crippen MR) is 54.5 cm³/mol. The quantitative estimate of drug-likeness (QED) is 0.823. The molecule has 4 nitrogen and oxygen atoms in total. The molecule has 1 aromatic heterocycles. The summed E-state index contributed by atoms with van der Waals surface area (Å²) in [7, 11) is 1.46. The number of hydrogen-bond donors (Lipinski definition) is 1. The second kappa shape index (κ2) is 3.53. The smallest absolute Gasteiger partial charge is 0.358 e. The first-order valence-corrected chi connectivity index (χ1v) is 4.92. The van der Waals surface area contributed by atoms with Gasteiger partial charge in [-0.3, -0.25) is 0 Å². The summed E-state index contributed by atoms with van der Waals surface area (Å²) in [6, 6.07) is 1.75. The zero-order valence-corrected chi connectivity index (χ0v) is 8.78. The first-order valence-electron chi connectivity index (χ1n) is 4.92. The number of aromatic carboxylic acids is 1. The summed E-state index contributed by atoms with van der Waals surface area (Å²) in [5.41, 5.74) is 1.94. The lowest BCUT2D eigenvalue weighted by Gasteiger charge is -2.09. The minimum atomic E-state index is -1.03. The Morgan fingerprint density at radius 1 is 1.60 bits per heavy atom. The lowest BCUT2D eigenvalue weighted by Crippen LogP contribution is -2.07. The van der Waals surface area contributed by atoms with E-state index in [9.17, 15) is 4.79 Å². The second-order valence-corrected chi connectivity index (χ2v) is 3.82. The molecule has 0 amide bonds. The maximum atomic E-state index is 10.9. The van der Waals surface area contributed by atoms with Gasteiger partial charge in [0, 0.05) is 11.6 Å². The molecule has 0 radical (unpaired) electrons. The van der Waals surface area contributed by atoms with Gasteiger partial charge in [-0.1, -0.05) is 0 Å². The largest absolute Gasteiger partial charge is 0.494 e. The highest BCUT2D eigenvalue weighted by molar-refractivity contribution is 5.88. The summed E-state index contributed by atoms with van der Waals surface area (Å²) in [5.74, 6) is -0.243. The lowest BCUT2D eigenvalue weighted by molar-refractivity contribution is 0.0686. The molecule has 1 fully saturated rings. The third-order valence-corrected chi connectivity index (χ3v) is 2.60. The van der Waals surface area contributed by atoms with Crippen LogP contribution in [0.25, 0.3) is 0 Å². The van der Waals surface area contributed by atoms with Crippen molar-refractivity contribution < 1.29 is 14.6 Å². The van der Waals surface area contributed by atoms with Crippen LogP contribution in [0.5, 0.6) is 5.75 Å². The number of carboxylic acid groups (broad SMARTS) is 1. The van der Waals surface area contributed by atoms with Gasteiger partial charge in [0.2, 0.25) is 0 Å². The molecule has 1 aliphatic carbocycles. The second-order valence-electron chi connectivity index (χ2n) is 3.82. The van der Waals surface area contributed by atoms with E-state index in [2.05, 4.69) is 4.98 Å². The molecule has 0 aliphatic heterocycles. The standard InChI is InChI=1S/C11H13NO3/c1-6-5-8(15-2)10(11(13)14)12-9(6)7-3-4-7/h5,7H,3-4H2,1-2H3,(H,13,14). The number of nitrogens with zero attached hydrogens (tertiary/aromatic N) is 1. The van der Waals surface area contributed by atoms with Crippen molar-refractivity contribution in [1.29, 1.82) is 0 Å². The van der Waals surface area contributed by atoms with E-state index in [1.165, 1.54) is 7.11 Å². The predicted octanol–water partition coefficient (Wildman–Crippen LogP) is 1.97. The fraction of sp³-hybridized carbons (Fsp3) is 0.455. The highest BCUT2D eigenvalue weighted by atomic mass is 16.5. The highest BCUT2D eigenvalue weighted by Crippen LogP contribution is 2.41. The molecule has 1 aromatic rings. The van der Waals surface area contributed by atoms with Crippen LogP contribution in [-0.2, 0) is 0 Å². The van der Waals surface area contributed by atoms with E-state index in [4.69, 9.17) is 9.84 Å². The molecular weight excluding hydrogens is 194 g/mol. The van der Waals surface area contributed by atoms with Crippen molar-refractivity contribution in [3.63, 3.8) is 0 Å². The lowest BCUT2D eigenvalue weighted by atomic mass is 10.1. The van der Waals surface area contributed by atoms with Crippen molar-refractivity contribution in [3.8, 4) is 5.75 Å². The van der Waals surface area contributed by atoms with Crippen molar-refractivity contribution in [2.24, 2.45) is 0 Å².